The number of likely N-dealkylation sites (tertiary alicyclic amines) is 1. The molecule has 4 rings (SSSR count). The van der Waals surface area contributed by atoms with Crippen molar-refractivity contribution in [3.8, 4) is 11.8 Å². The zero-order valence-corrected chi connectivity index (χ0v) is 25.6. The number of aryl methyl sites for hydroxylation is 1. The number of carboxylic acids is 1. The molecule has 12 heteroatoms. The third kappa shape index (κ3) is 6.58. The predicted molar refractivity (Wildman–Crippen MR) is 160 cm³/mol. The SMILES string of the molecule is CCc1cc(N2[C@@H](S)N(c3ccc(C#N)c(C(F)(F)F)c3)C(=O)C2(C)C)ccc1OCCC1CCN([C@H](C)C(=O)O)CC1. The third-order valence-electron chi connectivity index (χ3n) is 8.55. The van der Waals surface area contributed by atoms with Gasteiger partial charge >= 0.3 is 12.1 Å². The van der Waals surface area contributed by atoms with Crippen LogP contribution in [0.1, 0.15) is 63.6 Å². The van der Waals surface area contributed by atoms with Crippen molar-refractivity contribution in [3.63, 3.8) is 0 Å². The minimum atomic E-state index is -4.76. The zero-order valence-electron chi connectivity index (χ0n) is 24.7. The number of hydrogen-bond donors (Lipinski definition) is 2. The van der Waals surface area contributed by atoms with Crippen LogP contribution >= 0.6 is 12.6 Å². The molecule has 2 saturated heterocycles. The summed E-state index contributed by atoms with van der Waals surface area (Å²) in [6.07, 6.45) is -1.41. The first-order valence-corrected chi connectivity index (χ1v) is 14.9. The van der Waals surface area contributed by atoms with E-state index in [1.54, 1.807) is 31.7 Å². The van der Waals surface area contributed by atoms with E-state index in [0.717, 1.165) is 55.8 Å². The molecular weight excluding hydrogens is 581 g/mol. The molecule has 232 valence electrons. The first kappa shape index (κ1) is 32.5. The molecule has 1 N–H and O–H groups in total. The van der Waals surface area contributed by atoms with Crippen molar-refractivity contribution >= 4 is 35.9 Å². The van der Waals surface area contributed by atoms with E-state index in [-0.39, 0.29) is 5.69 Å². The van der Waals surface area contributed by atoms with Crippen LogP contribution < -0.4 is 14.5 Å². The van der Waals surface area contributed by atoms with Crippen LogP contribution in [0.2, 0.25) is 0 Å². The van der Waals surface area contributed by atoms with E-state index in [2.05, 4.69) is 12.6 Å². The van der Waals surface area contributed by atoms with Gasteiger partial charge in [-0.25, -0.2) is 0 Å². The number of piperidine rings is 1. The maximum Gasteiger partial charge on any atom is 0.417 e. The largest absolute Gasteiger partial charge is 0.493 e. The van der Waals surface area contributed by atoms with Gasteiger partial charge in [-0.3, -0.25) is 19.4 Å². The van der Waals surface area contributed by atoms with E-state index in [1.165, 1.54) is 11.0 Å². The van der Waals surface area contributed by atoms with E-state index >= 15 is 0 Å². The number of halogens is 3. The van der Waals surface area contributed by atoms with E-state index in [9.17, 15) is 27.9 Å². The molecule has 0 saturated carbocycles. The number of nitriles is 1. The summed E-state index contributed by atoms with van der Waals surface area (Å²) in [5, 5.41) is 18.4. The van der Waals surface area contributed by atoms with Crippen LogP contribution in [-0.4, -0.2) is 58.7 Å². The Morgan fingerprint density at radius 1 is 1.19 bits per heavy atom. The number of thiol groups is 1. The van der Waals surface area contributed by atoms with Crippen LogP contribution in [0.25, 0.3) is 0 Å². The Morgan fingerprint density at radius 3 is 2.42 bits per heavy atom. The number of benzene rings is 2. The van der Waals surface area contributed by atoms with Crippen molar-refractivity contribution in [3.05, 3.63) is 53.1 Å². The molecule has 0 aliphatic carbocycles. The maximum atomic E-state index is 13.7. The second-order valence-corrected chi connectivity index (χ2v) is 12.0. The third-order valence-corrected chi connectivity index (χ3v) is 9.02. The van der Waals surface area contributed by atoms with Crippen LogP contribution in [-0.2, 0) is 22.2 Å². The molecule has 2 aromatic carbocycles. The van der Waals surface area contributed by atoms with Crippen molar-refractivity contribution in [1.82, 2.24) is 4.90 Å². The van der Waals surface area contributed by atoms with Gasteiger partial charge in [0.2, 0.25) is 0 Å². The topological polar surface area (TPSA) is 97.1 Å². The molecule has 2 atom stereocenters. The molecule has 8 nitrogen and oxygen atoms in total. The summed E-state index contributed by atoms with van der Waals surface area (Å²) in [6.45, 7) is 9.12. The van der Waals surface area contributed by atoms with Gasteiger partial charge in [-0.2, -0.15) is 18.4 Å². The first-order chi connectivity index (χ1) is 20.2. The second-order valence-electron chi connectivity index (χ2n) is 11.6. The number of rotatable bonds is 9. The van der Waals surface area contributed by atoms with Gasteiger partial charge in [0.05, 0.1) is 23.8 Å². The maximum absolute atomic E-state index is 13.7. The van der Waals surface area contributed by atoms with Gasteiger partial charge in [-0.1, -0.05) is 6.92 Å². The van der Waals surface area contributed by atoms with Crippen LogP contribution in [0, 0.1) is 17.2 Å². The molecule has 43 heavy (non-hydrogen) atoms. The fourth-order valence-corrected chi connectivity index (χ4v) is 6.54. The van der Waals surface area contributed by atoms with Gasteiger partial charge in [0.1, 0.15) is 17.3 Å². The summed E-state index contributed by atoms with van der Waals surface area (Å²) in [7, 11) is 0. The molecule has 2 aliphatic rings. The molecule has 2 aliphatic heterocycles. The van der Waals surface area contributed by atoms with Gasteiger partial charge < -0.3 is 14.7 Å². The fraction of sp³-hybridized carbons (Fsp3) is 0.516. The summed E-state index contributed by atoms with van der Waals surface area (Å²) >= 11 is 4.69. The Balaban J connectivity index is 1.48. The summed E-state index contributed by atoms with van der Waals surface area (Å²) in [4.78, 5) is 29.8. The highest BCUT2D eigenvalue weighted by atomic mass is 32.1. The van der Waals surface area contributed by atoms with Crippen LogP contribution in [0.4, 0.5) is 24.5 Å². The van der Waals surface area contributed by atoms with Crippen LogP contribution in [0.5, 0.6) is 5.75 Å². The molecule has 2 heterocycles. The smallest absolute Gasteiger partial charge is 0.417 e. The minimum Gasteiger partial charge on any atom is -0.493 e. The van der Waals surface area contributed by atoms with Crippen LogP contribution in [0.15, 0.2) is 36.4 Å². The van der Waals surface area contributed by atoms with Gasteiger partial charge in [0, 0.05) is 11.4 Å². The Labute approximate surface area is 255 Å². The molecule has 1 amide bonds. The molecule has 2 aromatic rings. The number of alkyl halides is 3. The molecule has 0 unspecified atom stereocenters. The second kappa shape index (κ2) is 12.7. The Morgan fingerprint density at radius 2 is 1.84 bits per heavy atom. The van der Waals surface area contributed by atoms with E-state index in [0.29, 0.717) is 24.6 Å². The minimum absolute atomic E-state index is 0.00539. The normalized spacial score (nSPS) is 20.3. The Kier molecular flexibility index (Phi) is 9.57. The summed E-state index contributed by atoms with van der Waals surface area (Å²) in [6, 6.07) is 9.90. The van der Waals surface area contributed by atoms with E-state index in [4.69, 9.17) is 10.00 Å². The number of aliphatic carboxylic acids is 1. The van der Waals surface area contributed by atoms with Gasteiger partial charge in [-0.05, 0) is 107 Å². The highest BCUT2D eigenvalue weighted by molar-refractivity contribution is 7.81. The lowest BCUT2D eigenvalue weighted by Gasteiger charge is -2.34. The quantitative estimate of drug-likeness (QED) is 0.336. The number of carbonyl (C=O) groups excluding carboxylic acids is 1. The number of ether oxygens (including phenoxy) is 1. The summed E-state index contributed by atoms with van der Waals surface area (Å²) in [5.74, 6) is -0.0525. The number of carboxylic acid groups (broad SMARTS) is 1. The van der Waals surface area contributed by atoms with Crippen molar-refractivity contribution in [1.29, 1.82) is 5.26 Å². The molecule has 0 aromatic heterocycles. The van der Waals surface area contributed by atoms with Crippen molar-refractivity contribution in [2.24, 2.45) is 5.92 Å². The van der Waals surface area contributed by atoms with Gasteiger partial charge in [0.25, 0.3) is 5.91 Å². The summed E-state index contributed by atoms with van der Waals surface area (Å²) in [5.41, 5.74) is -2.05. The van der Waals surface area contributed by atoms with Crippen molar-refractivity contribution in [2.75, 3.05) is 29.5 Å². The molecule has 0 spiro atoms. The lowest BCUT2D eigenvalue weighted by Crippen LogP contribution is -2.45. The highest BCUT2D eigenvalue weighted by Gasteiger charge is 2.51. The van der Waals surface area contributed by atoms with Crippen LogP contribution in [0.3, 0.4) is 0 Å². The number of nitrogens with zero attached hydrogens (tertiary/aromatic N) is 4. The lowest BCUT2D eigenvalue weighted by molar-refractivity contribution is -0.143. The summed E-state index contributed by atoms with van der Waals surface area (Å²) < 4.78 is 47.1. The predicted octanol–water partition coefficient (Wildman–Crippen LogP) is 5.94. The van der Waals surface area contributed by atoms with Crippen molar-refractivity contribution < 1.29 is 32.6 Å². The molecular formula is C31H37F3N4O4S. The molecule has 0 radical (unpaired) electrons. The lowest BCUT2D eigenvalue weighted by atomic mass is 9.93. The number of amides is 1. The van der Waals surface area contributed by atoms with Gasteiger partial charge in [-0.15, -0.1) is 12.6 Å². The average molecular weight is 619 g/mol. The van der Waals surface area contributed by atoms with E-state index in [1.807, 2.05) is 30.0 Å². The highest BCUT2D eigenvalue weighted by Crippen LogP contribution is 2.43. The first-order valence-electron chi connectivity index (χ1n) is 14.4. The molecule has 0 bridgehead atoms. The number of hydrogen-bond acceptors (Lipinski definition) is 7. The van der Waals surface area contributed by atoms with E-state index < -0.39 is 46.3 Å². The fourth-order valence-electron chi connectivity index (χ4n) is 5.88. The molecule has 2 fully saturated rings. The standard InChI is InChI=1S/C31H37F3N4O4S/c1-5-21-16-24(8-9-26(21)42-15-12-20-10-13-36(14-11-20)19(2)27(39)40)38-29(43)37(28(41)30(38,3)4)23-7-6-22(18-35)25(17-23)31(32,33)34/h6-9,16-17,19-20,29,43H,5,10-15H2,1-4H3,(H,39,40)/t19-,29+/m1/s1. The number of carbonyl (C=O) groups is 2. The number of anilines is 2. The zero-order chi connectivity index (χ0) is 31.7. The Bertz CT molecular complexity index is 1400. The monoisotopic (exact) mass is 618 g/mol. The Hall–Kier alpha value is -3.43. The average Bonchev–Trinajstić information content (AvgIpc) is 3.14. The van der Waals surface area contributed by atoms with Gasteiger partial charge in [0.15, 0.2) is 5.50 Å². The van der Waals surface area contributed by atoms with Crippen molar-refractivity contribution in [2.45, 2.75) is 76.6 Å².